The average Bonchev–Trinajstić information content (AvgIpc) is 2.90. The van der Waals surface area contributed by atoms with Crippen LogP contribution in [0.4, 0.5) is 0 Å². The van der Waals surface area contributed by atoms with Gasteiger partial charge in [-0.3, -0.25) is 4.79 Å². The number of carbonyl (C=O) groups excluding carboxylic acids is 1. The summed E-state index contributed by atoms with van der Waals surface area (Å²) in [4.78, 5) is 15.1. The van der Waals surface area contributed by atoms with Gasteiger partial charge in [0.25, 0.3) is 5.91 Å². The molecule has 1 aliphatic rings. The summed E-state index contributed by atoms with van der Waals surface area (Å²) in [5.41, 5.74) is 6.51. The molecule has 0 bridgehead atoms. The molecule has 2 heterocycles. The number of carbonyl (C=O) groups is 1. The van der Waals surface area contributed by atoms with Gasteiger partial charge in [0.1, 0.15) is 0 Å². The van der Waals surface area contributed by atoms with E-state index in [-0.39, 0.29) is 11.8 Å². The van der Waals surface area contributed by atoms with Crippen LogP contribution in [0.3, 0.4) is 0 Å². The van der Waals surface area contributed by atoms with E-state index in [1.165, 1.54) is 0 Å². The fourth-order valence-corrected chi connectivity index (χ4v) is 3.85. The molecule has 1 saturated heterocycles. The van der Waals surface area contributed by atoms with Crippen molar-refractivity contribution in [3.63, 3.8) is 0 Å². The number of hydrogen-bond acceptors (Lipinski definition) is 3. The zero-order chi connectivity index (χ0) is 14.1. The Morgan fingerprint density at radius 3 is 2.70 bits per heavy atom. The monoisotopic (exact) mass is 304 g/mol. The van der Waals surface area contributed by atoms with Gasteiger partial charge in [-0.15, -0.1) is 11.3 Å². The molecule has 20 heavy (non-hydrogen) atoms. The Labute approximate surface area is 127 Å². The van der Waals surface area contributed by atoms with Gasteiger partial charge in [0.2, 0.25) is 0 Å². The summed E-state index contributed by atoms with van der Waals surface area (Å²) in [6, 6.07) is 8.04. The van der Waals surface area contributed by atoms with Gasteiger partial charge in [0.15, 0.2) is 0 Å². The molecule has 0 unspecified atom stereocenters. The minimum Gasteiger partial charge on any atom is -0.393 e. The van der Waals surface area contributed by atoms with Gasteiger partial charge in [-0.2, -0.15) is 0 Å². The maximum atomic E-state index is 12.6. The molecule has 2 aromatic rings. The zero-order valence-corrected chi connectivity index (χ0v) is 12.7. The summed E-state index contributed by atoms with van der Waals surface area (Å²) in [5.74, 6) is 0.414. The average molecular weight is 304 g/mol. The van der Waals surface area contributed by atoms with E-state index in [0.717, 1.165) is 41.6 Å². The number of thiocarbonyl (C=S) groups is 1. The van der Waals surface area contributed by atoms with Crippen LogP contribution < -0.4 is 5.73 Å². The van der Waals surface area contributed by atoms with Crippen LogP contribution in [-0.2, 0) is 0 Å². The second-order valence-corrected chi connectivity index (χ2v) is 6.50. The Kier molecular flexibility index (Phi) is 3.72. The van der Waals surface area contributed by atoms with E-state index in [1.807, 2.05) is 28.5 Å². The van der Waals surface area contributed by atoms with Gasteiger partial charge >= 0.3 is 0 Å². The van der Waals surface area contributed by atoms with Crippen molar-refractivity contribution in [2.45, 2.75) is 12.8 Å². The molecule has 5 heteroatoms. The van der Waals surface area contributed by atoms with Crippen LogP contribution in [0.1, 0.15) is 23.2 Å². The highest BCUT2D eigenvalue weighted by molar-refractivity contribution is 7.80. The van der Waals surface area contributed by atoms with Gasteiger partial charge in [-0.1, -0.05) is 30.4 Å². The van der Waals surface area contributed by atoms with Gasteiger partial charge in [0.05, 0.1) is 10.6 Å². The van der Waals surface area contributed by atoms with Crippen LogP contribution in [0.2, 0.25) is 0 Å². The van der Waals surface area contributed by atoms with Crippen molar-refractivity contribution in [3.8, 4) is 0 Å². The SMILES string of the molecule is NC(=S)C1CCN(C(=O)c2csc3ccccc23)CC1. The first-order chi connectivity index (χ1) is 9.66. The highest BCUT2D eigenvalue weighted by Crippen LogP contribution is 2.28. The molecule has 1 amide bonds. The summed E-state index contributed by atoms with van der Waals surface area (Å²) in [6.45, 7) is 1.48. The molecule has 104 valence electrons. The lowest BCUT2D eigenvalue weighted by Crippen LogP contribution is -2.41. The number of hydrogen-bond donors (Lipinski definition) is 1. The van der Waals surface area contributed by atoms with Gasteiger partial charge in [0, 0.05) is 34.5 Å². The van der Waals surface area contributed by atoms with Gasteiger partial charge in [-0.05, 0) is 18.9 Å². The molecule has 0 radical (unpaired) electrons. The van der Waals surface area contributed by atoms with Crippen molar-refractivity contribution in [1.82, 2.24) is 4.90 Å². The smallest absolute Gasteiger partial charge is 0.255 e. The maximum Gasteiger partial charge on any atom is 0.255 e. The van der Waals surface area contributed by atoms with E-state index >= 15 is 0 Å². The highest BCUT2D eigenvalue weighted by Gasteiger charge is 2.26. The van der Waals surface area contributed by atoms with E-state index in [4.69, 9.17) is 18.0 Å². The molecule has 0 atom stereocenters. The van der Waals surface area contributed by atoms with Crippen LogP contribution in [-0.4, -0.2) is 28.9 Å². The number of nitrogens with zero attached hydrogens (tertiary/aromatic N) is 1. The normalized spacial score (nSPS) is 16.5. The first kappa shape index (κ1) is 13.5. The van der Waals surface area contributed by atoms with Gasteiger partial charge < -0.3 is 10.6 Å². The molecule has 1 aromatic heterocycles. The van der Waals surface area contributed by atoms with Crippen LogP contribution in [0, 0.1) is 5.92 Å². The molecular weight excluding hydrogens is 288 g/mol. The molecule has 3 nitrogen and oxygen atoms in total. The zero-order valence-electron chi connectivity index (χ0n) is 11.0. The van der Waals surface area contributed by atoms with Crippen LogP contribution >= 0.6 is 23.6 Å². The Balaban J connectivity index is 1.78. The van der Waals surface area contributed by atoms with Gasteiger partial charge in [-0.25, -0.2) is 0 Å². The summed E-state index contributed by atoms with van der Waals surface area (Å²) in [6.07, 6.45) is 1.76. The predicted molar refractivity (Wildman–Crippen MR) is 87.2 cm³/mol. The van der Waals surface area contributed by atoms with Crippen LogP contribution in [0.15, 0.2) is 29.6 Å². The fraction of sp³-hybridized carbons (Fsp3) is 0.333. The van der Waals surface area contributed by atoms with Crippen molar-refractivity contribution < 1.29 is 4.79 Å². The molecule has 1 aliphatic heterocycles. The molecular formula is C15H16N2OS2. The quantitative estimate of drug-likeness (QED) is 0.868. The summed E-state index contributed by atoms with van der Waals surface area (Å²) in [5, 5.41) is 3.02. The van der Waals surface area contributed by atoms with Crippen molar-refractivity contribution >= 4 is 44.5 Å². The molecule has 1 aromatic carbocycles. The minimum absolute atomic E-state index is 0.129. The lowest BCUT2D eigenvalue weighted by atomic mass is 9.96. The number of fused-ring (bicyclic) bond motifs is 1. The summed E-state index contributed by atoms with van der Waals surface area (Å²) in [7, 11) is 0. The number of likely N-dealkylation sites (tertiary alicyclic amines) is 1. The van der Waals surface area contributed by atoms with E-state index in [1.54, 1.807) is 11.3 Å². The van der Waals surface area contributed by atoms with E-state index < -0.39 is 0 Å². The second kappa shape index (κ2) is 5.50. The lowest BCUT2D eigenvalue weighted by Gasteiger charge is -2.31. The Morgan fingerprint density at radius 2 is 2.00 bits per heavy atom. The highest BCUT2D eigenvalue weighted by atomic mass is 32.1. The Hall–Kier alpha value is -1.46. The molecule has 0 saturated carbocycles. The topological polar surface area (TPSA) is 46.3 Å². The Morgan fingerprint density at radius 1 is 1.30 bits per heavy atom. The van der Waals surface area contributed by atoms with Crippen LogP contribution in [0.25, 0.3) is 10.1 Å². The summed E-state index contributed by atoms with van der Waals surface area (Å²) >= 11 is 6.66. The molecule has 0 aliphatic carbocycles. The first-order valence-electron chi connectivity index (χ1n) is 6.71. The summed E-state index contributed by atoms with van der Waals surface area (Å²) < 4.78 is 1.16. The van der Waals surface area contributed by atoms with E-state index in [2.05, 4.69) is 6.07 Å². The predicted octanol–water partition coefficient (Wildman–Crippen LogP) is 3.04. The number of benzene rings is 1. The third kappa shape index (κ3) is 2.43. The fourth-order valence-electron chi connectivity index (χ4n) is 2.68. The minimum atomic E-state index is 0.129. The van der Waals surface area contributed by atoms with Crippen molar-refractivity contribution in [3.05, 3.63) is 35.2 Å². The number of rotatable bonds is 2. The van der Waals surface area contributed by atoms with Crippen molar-refractivity contribution in [2.24, 2.45) is 11.7 Å². The maximum absolute atomic E-state index is 12.6. The van der Waals surface area contributed by atoms with Crippen molar-refractivity contribution in [2.75, 3.05) is 13.1 Å². The van der Waals surface area contributed by atoms with E-state index in [0.29, 0.717) is 4.99 Å². The Bertz CT molecular complexity index is 657. The van der Waals surface area contributed by atoms with Crippen molar-refractivity contribution in [1.29, 1.82) is 0 Å². The molecule has 1 fully saturated rings. The third-order valence-electron chi connectivity index (χ3n) is 3.90. The number of nitrogens with two attached hydrogens (primary N) is 1. The number of thiophene rings is 1. The molecule has 3 rings (SSSR count). The first-order valence-corrected chi connectivity index (χ1v) is 8.00. The largest absolute Gasteiger partial charge is 0.393 e. The number of piperidine rings is 1. The third-order valence-corrected chi connectivity index (χ3v) is 5.19. The molecule has 2 N–H and O–H groups in total. The van der Waals surface area contributed by atoms with E-state index in [9.17, 15) is 4.79 Å². The lowest BCUT2D eigenvalue weighted by molar-refractivity contribution is 0.0713. The molecule has 0 spiro atoms. The number of amides is 1. The van der Waals surface area contributed by atoms with Crippen LogP contribution in [0.5, 0.6) is 0 Å². The second-order valence-electron chi connectivity index (χ2n) is 5.11. The standard InChI is InChI=1S/C15H16N2OS2/c16-14(19)10-5-7-17(8-6-10)15(18)12-9-20-13-4-2-1-3-11(12)13/h1-4,9-10H,5-8H2,(H2,16,19).